The number of methoxy groups -OCH3 is 1. The SMILES string of the molecule is CNc1ncnc(Oc2cccc(Cl)c2Cl)c1OC. The molecule has 0 fully saturated rings. The second kappa shape index (κ2) is 5.95. The highest BCUT2D eigenvalue weighted by Gasteiger charge is 2.15. The average molecular weight is 300 g/mol. The molecule has 0 bridgehead atoms. The van der Waals surface area contributed by atoms with Gasteiger partial charge in [-0.3, -0.25) is 0 Å². The van der Waals surface area contributed by atoms with Crippen molar-refractivity contribution in [1.29, 1.82) is 0 Å². The van der Waals surface area contributed by atoms with Crippen molar-refractivity contribution >= 4 is 29.0 Å². The molecule has 2 aromatic rings. The van der Waals surface area contributed by atoms with E-state index in [-0.39, 0.29) is 5.88 Å². The van der Waals surface area contributed by atoms with Crippen molar-refractivity contribution in [1.82, 2.24) is 9.97 Å². The Morgan fingerprint density at radius 3 is 2.68 bits per heavy atom. The number of nitrogens with zero attached hydrogens (tertiary/aromatic N) is 2. The minimum Gasteiger partial charge on any atom is -0.489 e. The molecule has 0 aliphatic carbocycles. The van der Waals surface area contributed by atoms with Gasteiger partial charge in [0.15, 0.2) is 5.82 Å². The zero-order chi connectivity index (χ0) is 13.8. The minimum absolute atomic E-state index is 0.256. The number of aromatic nitrogens is 2. The van der Waals surface area contributed by atoms with Crippen LogP contribution in [-0.4, -0.2) is 24.1 Å². The van der Waals surface area contributed by atoms with E-state index < -0.39 is 0 Å². The number of nitrogens with one attached hydrogen (secondary N) is 1. The lowest BCUT2D eigenvalue weighted by molar-refractivity contribution is 0.369. The third kappa shape index (κ3) is 2.83. The third-order valence-corrected chi connectivity index (χ3v) is 3.14. The average Bonchev–Trinajstić information content (AvgIpc) is 2.43. The molecule has 0 radical (unpaired) electrons. The smallest absolute Gasteiger partial charge is 0.268 e. The van der Waals surface area contributed by atoms with Gasteiger partial charge in [0.25, 0.3) is 5.88 Å². The number of hydrogen-bond donors (Lipinski definition) is 1. The Bertz CT molecular complexity index is 593. The van der Waals surface area contributed by atoms with Crippen molar-refractivity contribution in [2.75, 3.05) is 19.5 Å². The highest BCUT2D eigenvalue weighted by atomic mass is 35.5. The maximum absolute atomic E-state index is 6.06. The molecule has 1 N–H and O–H groups in total. The van der Waals surface area contributed by atoms with Crippen LogP contribution in [0, 0.1) is 0 Å². The summed E-state index contributed by atoms with van der Waals surface area (Å²) in [5, 5.41) is 3.60. The molecular formula is C12H11Cl2N3O2. The van der Waals surface area contributed by atoms with Crippen molar-refractivity contribution in [3.63, 3.8) is 0 Å². The van der Waals surface area contributed by atoms with Crippen LogP contribution in [0.4, 0.5) is 5.82 Å². The fraction of sp³-hybridized carbons (Fsp3) is 0.167. The van der Waals surface area contributed by atoms with E-state index in [0.29, 0.717) is 27.4 Å². The van der Waals surface area contributed by atoms with E-state index in [1.54, 1.807) is 25.2 Å². The van der Waals surface area contributed by atoms with E-state index in [1.807, 2.05) is 0 Å². The molecule has 0 saturated heterocycles. The Balaban J connectivity index is 2.41. The number of halogens is 2. The van der Waals surface area contributed by atoms with Crippen molar-refractivity contribution in [2.45, 2.75) is 0 Å². The summed E-state index contributed by atoms with van der Waals surface area (Å²) >= 11 is 12.0. The summed E-state index contributed by atoms with van der Waals surface area (Å²) in [6.45, 7) is 0. The van der Waals surface area contributed by atoms with Crippen LogP contribution in [0.2, 0.25) is 10.0 Å². The summed E-state index contributed by atoms with van der Waals surface area (Å²) in [6.07, 6.45) is 1.36. The van der Waals surface area contributed by atoms with E-state index in [1.165, 1.54) is 13.4 Å². The molecular weight excluding hydrogens is 289 g/mol. The standard InChI is InChI=1S/C12H11Cl2N3O2/c1-15-11-10(18-2)12(17-6-16-11)19-8-5-3-4-7(13)9(8)14/h3-6H,1-2H3,(H,15,16,17). The summed E-state index contributed by atoms with van der Waals surface area (Å²) in [6, 6.07) is 5.10. The van der Waals surface area contributed by atoms with Crippen molar-refractivity contribution in [2.24, 2.45) is 0 Å². The van der Waals surface area contributed by atoms with Crippen LogP contribution in [0.3, 0.4) is 0 Å². The number of hydrogen-bond acceptors (Lipinski definition) is 5. The lowest BCUT2D eigenvalue weighted by Crippen LogP contribution is -2.01. The van der Waals surface area contributed by atoms with Gasteiger partial charge in [-0.15, -0.1) is 0 Å². The van der Waals surface area contributed by atoms with E-state index in [9.17, 15) is 0 Å². The third-order valence-electron chi connectivity index (χ3n) is 2.33. The highest BCUT2D eigenvalue weighted by Crippen LogP contribution is 2.38. The molecule has 0 atom stereocenters. The number of ether oxygens (including phenoxy) is 2. The maximum atomic E-state index is 6.06. The Morgan fingerprint density at radius 1 is 1.21 bits per heavy atom. The van der Waals surface area contributed by atoms with Crippen LogP contribution >= 0.6 is 23.2 Å². The van der Waals surface area contributed by atoms with Gasteiger partial charge in [-0.1, -0.05) is 29.3 Å². The fourth-order valence-electron chi connectivity index (χ4n) is 1.46. The molecule has 0 unspecified atom stereocenters. The van der Waals surface area contributed by atoms with E-state index in [0.717, 1.165) is 0 Å². The van der Waals surface area contributed by atoms with Gasteiger partial charge in [0.05, 0.1) is 12.1 Å². The number of rotatable bonds is 4. The molecule has 19 heavy (non-hydrogen) atoms. The lowest BCUT2D eigenvalue weighted by Gasteiger charge is -2.12. The summed E-state index contributed by atoms with van der Waals surface area (Å²) in [5.74, 6) is 1.56. The van der Waals surface area contributed by atoms with Crippen LogP contribution in [0.5, 0.6) is 17.4 Å². The lowest BCUT2D eigenvalue weighted by atomic mass is 10.3. The first-order valence-corrected chi connectivity index (χ1v) is 6.11. The summed E-state index contributed by atoms with van der Waals surface area (Å²) in [7, 11) is 3.23. The second-order valence-electron chi connectivity index (χ2n) is 3.46. The number of anilines is 1. The van der Waals surface area contributed by atoms with Crippen LogP contribution in [0.1, 0.15) is 0 Å². The molecule has 0 saturated carbocycles. The van der Waals surface area contributed by atoms with Gasteiger partial charge < -0.3 is 14.8 Å². The molecule has 7 heteroatoms. The predicted molar refractivity (Wildman–Crippen MR) is 74.7 cm³/mol. The van der Waals surface area contributed by atoms with Crippen molar-refractivity contribution in [3.8, 4) is 17.4 Å². The predicted octanol–water partition coefficient (Wildman–Crippen LogP) is 3.63. The molecule has 2 rings (SSSR count). The molecule has 0 aliphatic rings. The van der Waals surface area contributed by atoms with Crippen LogP contribution in [-0.2, 0) is 0 Å². The molecule has 5 nitrogen and oxygen atoms in total. The molecule has 100 valence electrons. The summed E-state index contributed by atoms with van der Waals surface area (Å²) in [5.41, 5.74) is 0. The van der Waals surface area contributed by atoms with Crippen LogP contribution in [0.15, 0.2) is 24.5 Å². The largest absolute Gasteiger partial charge is 0.489 e. The van der Waals surface area contributed by atoms with Gasteiger partial charge in [0.2, 0.25) is 5.75 Å². The van der Waals surface area contributed by atoms with Gasteiger partial charge in [0, 0.05) is 7.05 Å². The number of benzene rings is 1. The van der Waals surface area contributed by atoms with Gasteiger partial charge in [-0.05, 0) is 12.1 Å². The van der Waals surface area contributed by atoms with Crippen LogP contribution < -0.4 is 14.8 Å². The first-order chi connectivity index (χ1) is 9.17. The minimum atomic E-state index is 0.256. The first-order valence-electron chi connectivity index (χ1n) is 5.36. The van der Waals surface area contributed by atoms with Crippen molar-refractivity contribution < 1.29 is 9.47 Å². The summed E-state index contributed by atoms with van der Waals surface area (Å²) in [4.78, 5) is 8.05. The first kappa shape index (κ1) is 13.7. The maximum Gasteiger partial charge on any atom is 0.268 e. The highest BCUT2D eigenvalue weighted by molar-refractivity contribution is 6.42. The fourth-order valence-corrected chi connectivity index (χ4v) is 1.79. The molecule has 0 spiro atoms. The van der Waals surface area contributed by atoms with Gasteiger partial charge in [-0.25, -0.2) is 4.98 Å². The summed E-state index contributed by atoms with van der Waals surface area (Å²) < 4.78 is 10.8. The van der Waals surface area contributed by atoms with Gasteiger partial charge in [0.1, 0.15) is 17.1 Å². The Morgan fingerprint density at radius 2 is 2.00 bits per heavy atom. The van der Waals surface area contributed by atoms with Crippen LogP contribution in [0.25, 0.3) is 0 Å². The van der Waals surface area contributed by atoms with E-state index >= 15 is 0 Å². The molecule has 1 aromatic carbocycles. The Kier molecular flexibility index (Phi) is 4.29. The van der Waals surface area contributed by atoms with Gasteiger partial charge >= 0.3 is 0 Å². The monoisotopic (exact) mass is 299 g/mol. The Labute approximate surface area is 120 Å². The van der Waals surface area contributed by atoms with E-state index in [2.05, 4.69) is 15.3 Å². The normalized spacial score (nSPS) is 10.1. The molecule has 1 heterocycles. The van der Waals surface area contributed by atoms with Crippen molar-refractivity contribution in [3.05, 3.63) is 34.6 Å². The topological polar surface area (TPSA) is 56.3 Å². The molecule has 1 aromatic heterocycles. The molecule has 0 aliphatic heterocycles. The second-order valence-corrected chi connectivity index (χ2v) is 4.25. The Hall–Kier alpha value is -1.72. The van der Waals surface area contributed by atoms with E-state index in [4.69, 9.17) is 32.7 Å². The zero-order valence-electron chi connectivity index (χ0n) is 10.3. The van der Waals surface area contributed by atoms with Gasteiger partial charge in [-0.2, -0.15) is 4.98 Å². The zero-order valence-corrected chi connectivity index (χ0v) is 11.8. The quantitative estimate of drug-likeness (QED) is 0.934. The molecule has 0 amide bonds.